The Kier molecular flexibility index (Phi) is 4.75. The van der Waals surface area contributed by atoms with Crippen molar-refractivity contribution in [2.45, 2.75) is 13.8 Å². The molecule has 5 nitrogen and oxygen atoms in total. The lowest BCUT2D eigenvalue weighted by Gasteiger charge is -2.12. The zero-order chi connectivity index (χ0) is 17.8. The molecule has 1 heterocycles. The minimum atomic E-state index is -0.371. The van der Waals surface area contributed by atoms with Crippen molar-refractivity contribution in [3.8, 4) is 11.3 Å². The van der Waals surface area contributed by atoms with Crippen molar-refractivity contribution in [1.29, 1.82) is 0 Å². The van der Waals surface area contributed by atoms with Crippen LogP contribution in [0.1, 0.15) is 24.2 Å². The predicted octanol–water partition coefficient (Wildman–Crippen LogP) is 3.32. The van der Waals surface area contributed by atoms with Gasteiger partial charge < -0.3 is 0 Å². The Labute approximate surface area is 146 Å². The maximum Gasteiger partial charge on any atom is 0.270 e. The average molecular weight is 333 g/mol. The van der Waals surface area contributed by atoms with Crippen molar-refractivity contribution in [1.82, 2.24) is 15.8 Å². The van der Waals surface area contributed by atoms with Crippen LogP contribution < -0.4 is 10.9 Å². The summed E-state index contributed by atoms with van der Waals surface area (Å²) in [5.41, 5.74) is 7.75. The van der Waals surface area contributed by atoms with Crippen LogP contribution in [0.15, 0.2) is 60.7 Å². The molecule has 0 saturated heterocycles. The number of para-hydroxylation sites is 1. The van der Waals surface area contributed by atoms with E-state index in [9.17, 15) is 9.59 Å². The lowest BCUT2D eigenvalue weighted by Crippen LogP contribution is -2.43. The van der Waals surface area contributed by atoms with E-state index in [1.807, 2.05) is 54.6 Å². The number of fused-ring (bicyclic) bond motifs is 1. The van der Waals surface area contributed by atoms with Crippen molar-refractivity contribution < 1.29 is 9.59 Å². The Hall–Kier alpha value is -3.21. The van der Waals surface area contributed by atoms with Gasteiger partial charge in [-0.1, -0.05) is 62.4 Å². The van der Waals surface area contributed by atoms with E-state index in [2.05, 4.69) is 15.8 Å². The molecule has 3 aromatic rings. The molecule has 2 N–H and O–H groups in total. The van der Waals surface area contributed by atoms with Crippen molar-refractivity contribution in [2.75, 3.05) is 0 Å². The molecule has 25 heavy (non-hydrogen) atoms. The molecular weight excluding hydrogens is 314 g/mol. The molecule has 126 valence electrons. The van der Waals surface area contributed by atoms with E-state index in [1.54, 1.807) is 19.9 Å². The highest BCUT2D eigenvalue weighted by Gasteiger charge is 2.15. The van der Waals surface area contributed by atoms with Crippen LogP contribution >= 0.6 is 0 Å². The molecule has 0 atom stereocenters. The monoisotopic (exact) mass is 333 g/mol. The van der Waals surface area contributed by atoms with Gasteiger partial charge in [0.1, 0.15) is 0 Å². The van der Waals surface area contributed by atoms with Gasteiger partial charge in [0.15, 0.2) is 0 Å². The van der Waals surface area contributed by atoms with Crippen LogP contribution in [-0.2, 0) is 4.79 Å². The molecule has 0 aliphatic carbocycles. The van der Waals surface area contributed by atoms with Crippen molar-refractivity contribution in [3.05, 3.63) is 66.2 Å². The van der Waals surface area contributed by atoms with Gasteiger partial charge in [-0.2, -0.15) is 0 Å². The number of hydrogen-bond acceptors (Lipinski definition) is 3. The average Bonchev–Trinajstić information content (AvgIpc) is 2.65. The molecule has 1 aromatic heterocycles. The Morgan fingerprint density at radius 3 is 2.32 bits per heavy atom. The number of carbonyl (C=O) groups excluding carboxylic acids is 2. The first kappa shape index (κ1) is 16.6. The van der Waals surface area contributed by atoms with Gasteiger partial charge in [0.25, 0.3) is 5.91 Å². The maximum absolute atomic E-state index is 12.6. The second-order valence-electron chi connectivity index (χ2n) is 6.04. The van der Waals surface area contributed by atoms with Gasteiger partial charge in [0.2, 0.25) is 5.91 Å². The number of carbonyl (C=O) groups is 2. The Bertz CT molecular complexity index is 921. The van der Waals surface area contributed by atoms with E-state index in [0.29, 0.717) is 11.3 Å². The molecule has 2 amide bonds. The summed E-state index contributed by atoms with van der Waals surface area (Å²) >= 11 is 0. The number of nitrogens with zero attached hydrogens (tertiary/aromatic N) is 1. The van der Waals surface area contributed by atoms with Crippen LogP contribution in [0.25, 0.3) is 22.2 Å². The van der Waals surface area contributed by atoms with Crippen LogP contribution in [0.3, 0.4) is 0 Å². The first-order valence-electron chi connectivity index (χ1n) is 8.11. The number of aromatic nitrogens is 1. The molecule has 3 rings (SSSR count). The SMILES string of the molecule is CC(C)C(=O)NNC(=O)c1cc(-c2ccccc2)nc2ccccc12. The molecule has 0 fully saturated rings. The molecule has 0 radical (unpaired) electrons. The van der Waals surface area contributed by atoms with Crippen LogP contribution in [0.2, 0.25) is 0 Å². The molecular formula is C20H19N3O2. The molecule has 0 saturated carbocycles. The van der Waals surface area contributed by atoms with E-state index >= 15 is 0 Å². The number of rotatable bonds is 3. The van der Waals surface area contributed by atoms with Crippen LogP contribution in [0.5, 0.6) is 0 Å². The summed E-state index contributed by atoms with van der Waals surface area (Å²) in [6.45, 7) is 3.52. The lowest BCUT2D eigenvalue weighted by atomic mass is 10.0. The first-order chi connectivity index (χ1) is 12.1. The van der Waals surface area contributed by atoms with Gasteiger partial charge in [-0.15, -0.1) is 0 Å². The third-order valence-electron chi connectivity index (χ3n) is 3.85. The fraction of sp³-hybridized carbons (Fsp3) is 0.150. The third-order valence-corrected chi connectivity index (χ3v) is 3.85. The predicted molar refractivity (Wildman–Crippen MR) is 97.6 cm³/mol. The van der Waals surface area contributed by atoms with Gasteiger partial charge in [-0.25, -0.2) is 4.98 Å². The van der Waals surface area contributed by atoms with Crippen molar-refractivity contribution in [2.24, 2.45) is 5.92 Å². The Morgan fingerprint density at radius 1 is 0.920 bits per heavy atom. The summed E-state index contributed by atoms with van der Waals surface area (Å²) in [7, 11) is 0. The van der Waals surface area contributed by atoms with E-state index in [-0.39, 0.29) is 17.7 Å². The highest BCUT2D eigenvalue weighted by atomic mass is 16.2. The van der Waals surface area contributed by atoms with Gasteiger partial charge in [0, 0.05) is 16.9 Å². The topological polar surface area (TPSA) is 71.1 Å². The van der Waals surface area contributed by atoms with Gasteiger partial charge in [-0.3, -0.25) is 20.4 Å². The second kappa shape index (κ2) is 7.13. The summed E-state index contributed by atoms with van der Waals surface area (Å²) in [4.78, 5) is 29.0. The van der Waals surface area contributed by atoms with Crippen LogP contribution in [0, 0.1) is 5.92 Å². The molecule has 2 aromatic carbocycles. The summed E-state index contributed by atoms with van der Waals surface area (Å²) in [6, 6.07) is 18.9. The summed E-state index contributed by atoms with van der Waals surface area (Å²) in [5.74, 6) is -0.825. The number of benzene rings is 2. The summed E-state index contributed by atoms with van der Waals surface area (Å²) in [6.07, 6.45) is 0. The third kappa shape index (κ3) is 3.66. The van der Waals surface area contributed by atoms with Gasteiger partial charge in [0.05, 0.1) is 16.8 Å². The summed E-state index contributed by atoms with van der Waals surface area (Å²) in [5, 5.41) is 0.735. The fourth-order valence-electron chi connectivity index (χ4n) is 2.45. The van der Waals surface area contributed by atoms with E-state index in [4.69, 9.17) is 0 Å². The smallest absolute Gasteiger partial charge is 0.270 e. The molecule has 0 aliphatic heterocycles. The zero-order valence-electron chi connectivity index (χ0n) is 14.1. The quantitative estimate of drug-likeness (QED) is 0.722. The van der Waals surface area contributed by atoms with Crippen molar-refractivity contribution >= 4 is 22.7 Å². The molecule has 0 spiro atoms. The largest absolute Gasteiger partial charge is 0.273 e. The highest BCUT2D eigenvalue weighted by molar-refractivity contribution is 6.07. The fourth-order valence-corrected chi connectivity index (χ4v) is 2.45. The van der Waals surface area contributed by atoms with E-state index in [0.717, 1.165) is 16.5 Å². The van der Waals surface area contributed by atoms with Gasteiger partial charge in [-0.05, 0) is 12.1 Å². The number of nitrogens with one attached hydrogen (secondary N) is 2. The maximum atomic E-state index is 12.6. The minimum absolute atomic E-state index is 0.214. The van der Waals surface area contributed by atoms with Gasteiger partial charge >= 0.3 is 0 Å². The first-order valence-corrected chi connectivity index (χ1v) is 8.11. The Morgan fingerprint density at radius 2 is 1.60 bits per heavy atom. The standard InChI is InChI=1S/C20H19N3O2/c1-13(2)19(24)22-23-20(25)16-12-18(14-8-4-3-5-9-14)21-17-11-7-6-10-15(16)17/h3-13H,1-2H3,(H,22,24)(H,23,25). The van der Waals surface area contributed by atoms with Crippen LogP contribution in [-0.4, -0.2) is 16.8 Å². The Balaban J connectivity index is 2.01. The van der Waals surface area contributed by atoms with Crippen LogP contribution in [0.4, 0.5) is 0 Å². The van der Waals surface area contributed by atoms with E-state index in [1.165, 1.54) is 0 Å². The lowest BCUT2D eigenvalue weighted by molar-refractivity contribution is -0.124. The molecule has 0 bridgehead atoms. The highest BCUT2D eigenvalue weighted by Crippen LogP contribution is 2.24. The van der Waals surface area contributed by atoms with Crippen molar-refractivity contribution in [3.63, 3.8) is 0 Å². The number of hydrogen-bond donors (Lipinski definition) is 2. The summed E-state index contributed by atoms with van der Waals surface area (Å²) < 4.78 is 0. The van der Waals surface area contributed by atoms with E-state index < -0.39 is 0 Å². The number of amides is 2. The normalized spacial score (nSPS) is 10.7. The zero-order valence-corrected chi connectivity index (χ0v) is 14.1. The molecule has 0 unspecified atom stereocenters. The molecule has 0 aliphatic rings. The molecule has 5 heteroatoms. The number of pyridine rings is 1. The number of hydrazine groups is 1. The second-order valence-corrected chi connectivity index (χ2v) is 6.04. The minimum Gasteiger partial charge on any atom is -0.273 e.